The van der Waals surface area contributed by atoms with E-state index in [4.69, 9.17) is 5.26 Å². The van der Waals surface area contributed by atoms with Crippen LogP contribution in [-0.4, -0.2) is 25.8 Å². The van der Waals surface area contributed by atoms with Crippen molar-refractivity contribution in [3.8, 4) is 6.07 Å². The number of hydrogen-bond acceptors (Lipinski definition) is 3. The minimum absolute atomic E-state index is 0.0356. The summed E-state index contributed by atoms with van der Waals surface area (Å²) in [5, 5.41) is 8.71. The number of benzene rings is 1. The van der Waals surface area contributed by atoms with Gasteiger partial charge in [-0.3, -0.25) is 0 Å². The third kappa shape index (κ3) is 3.49. The Hall–Kier alpha value is -1.52. The van der Waals surface area contributed by atoms with E-state index < -0.39 is 32.5 Å². The van der Waals surface area contributed by atoms with Gasteiger partial charge in [0.15, 0.2) is 0 Å². The largest absolute Gasteiger partial charge is 0.246 e. The fourth-order valence-electron chi connectivity index (χ4n) is 1.57. The van der Waals surface area contributed by atoms with Crippen molar-refractivity contribution < 1.29 is 17.2 Å². The molecule has 0 saturated carbocycles. The topological polar surface area (TPSA) is 61.2 Å². The molecule has 4 nitrogen and oxygen atoms in total. The van der Waals surface area contributed by atoms with E-state index in [1.807, 2.05) is 6.07 Å². The van der Waals surface area contributed by atoms with Crippen molar-refractivity contribution in [2.75, 3.05) is 13.1 Å². The van der Waals surface area contributed by atoms with E-state index in [0.717, 1.165) is 16.4 Å². The summed E-state index contributed by atoms with van der Waals surface area (Å²) in [6, 6.07) is 4.21. The lowest BCUT2D eigenvalue weighted by Gasteiger charge is -2.21. The third-order valence-corrected chi connectivity index (χ3v) is 4.54. The molecule has 1 aromatic rings. The van der Waals surface area contributed by atoms with Gasteiger partial charge in [0.2, 0.25) is 10.0 Å². The quantitative estimate of drug-likeness (QED) is 0.834. The molecule has 1 unspecified atom stereocenters. The molecule has 1 aromatic carbocycles. The molecule has 0 N–H and O–H groups in total. The normalized spacial score (nSPS) is 13.3. The number of rotatable bonds is 5. The molecule has 0 spiro atoms. The van der Waals surface area contributed by atoms with Crippen molar-refractivity contribution in [1.82, 2.24) is 4.31 Å². The molecule has 19 heavy (non-hydrogen) atoms. The van der Waals surface area contributed by atoms with Gasteiger partial charge in [-0.05, 0) is 19.1 Å². The highest BCUT2D eigenvalue weighted by Crippen LogP contribution is 2.20. The molecule has 0 aromatic heterocycles. The van der Waals surface area contributed by atoms with Gasteiger partial charge >= 0.3 is 0 Å². The highest BCUT2D eigenvalue weighted by atomic mass is 32.2. The molecule has 0 aliphatic heterocycles. The van der Waals surface area contributed by atoms with E-state index in [1.165, 1.54) is 0 Å². The van der Waals surface area contributed by atoms with Crippen LogP contribution in [0.5, 0.6) is 0 Å². The van der Waals surface area contributed by atoms with Crippen LogP contribution in [0.3, 0.4) is 0 Å². The molecule has 0 heterocycles. The first-order chi connectivity index (χ1) is 8.82. The summed E-state index contributed by atoms with van der Waals surface area (Å²) in [6.45, 7) is 3.22. The highest BCUT2D eigenvalue weighted by Gasteiger charge is 2.27. The molecule has 0 radical (unpaired) electrons. The average molecular weight is 288 g/mol. The van der Waals surface area contributed by atoms with Gasteiger partial charge in [0.25, 0.3) is 0 Å². The Morgan fingerprint density at radius 3 is 2.53 bits per heavy atom. The van der Waals surface area contributed by atoms with Crippen LogP contribution >= 0.6 is 0 Å². The lowest BCUT2D eigenvalue weighted by atomic mass is 10.2. The Balaban J connectivity index is 3.18. The minimum atomic E-state index is -4.06. The van der Waals surface area contributed by atoms with Crippen LogP contribution < -0.4 is 0 Å². The Kier molecular flexibility index (Phi) is 4.97. The van der Waals surface area contributed by atoms with Crippen LogP contribution in [0.4, 0.5) is 8.78 Å². The van der Waals surface area contributed by atoms with Crippen molar-refractivity contribution in [2.24, 2.45) is 5.92 Å². The summed E-state index contributed by atoms with van der Waals surface area (Å²) in [4.78, 5) is -0.583. The summed E-state index contributed by atoms with van der Waals surface area (Å²) in [5.41, 5.74) is 0. The van der Waals surface area contributed by atoms with E-state index in [2.05, 4.69) is 0 Å². The van der Waals surface area contributed by atoms with E-state index in [0.29, 0.717) is 6.07 Å². The number of hydrogen-bond donors (Lipinski definition) is 0. The van der Waals surface area contributed by atoms with Crippen LogP contribution in [0, 0.1) is 28.9 Å². The number of nitrogens with zero attached hydrogens (tertiary/aromatic N) is 2. The summed E-state index contributed by atoms with van der Waals surface area (Å²) in [5.74, 6) is -2.49. The smallest absolute Gasteiger partial charge is 0.207 e. The number of halogens is 2. The molecule has 1 rings (SSSR count). The predicted molar refractivity (Wildman–Crippen MR) is 65.6 cm³/mol. The van der Waals surface area contributed by atoms with Crippen molar-refractivity contribution in [1.29, 1.82) is 5.26 Å². The monoisotopic (exact) mass is 288 g/mol. The summed E-state index contributed by atoms with van der Waals surface area (Å²) in [7, 11) is -4.06. The summed E-state index contributed by atoms with van der Waals surface area (Å²) >= 11 is 0. The Labute approximate surface area is 111 Å². The molecule has 0 bridgehead atoms. The van der Waals surface area contributed by atoms with Crippen molar-refractivity contribution in [2.45, 2.75) is 18.7 Å². The lowest BCUT2D eigenvalue weighted by Crippen LogP contribution is -2.34. The van der Waals surface area contributed by atoms with E-state index >= 15 is 0 Å². The summed E-state index contributed by atoms with van der Waals surface area (Å²) < 4.78 is 51.7. The maximum Gasteiger partial charge on any atom is 0.246 e. The zero-order valence-electron chi connectivity index (χ0n) is 10.6. The van der Waals surface area contributed by atoms with Gasteiger partial charge in [-0.25, -0.2) is 17.2 Å². The number of sulfonamides is 1. The molecular formula is C12H14F2N2O2S. The second-order valence-corrected chi connectivity index (χ2v) is 5.97. The molecule has 0 amide bonds. The van der Waals surface area contributed by atoms with Gasteiger partial charge in [0.05, 0.1) is 12.0 Å². The first-order valence-electron chi connectivity index (χ1n) is 5.67. The molecule has 0 aliphatic rings. The molecule has 104 valence electrons. The second kappa shape index (κ2) is 6.08. The van der Waals surface area contributed by atoms with Crippen molar-refractivity contribution >= 4 is 10.0 Å². The lowest BCUT2D eigenvalue weighted by molar-refractivity contribution is 0.396. The Bertz CT molecular complexity index is 596. The van der Waals surface area contributed by atoms with E-state index in [-0.39, 0.29) is 13.1 Å². The van der Waals surface area contributed by atoms with Crippen LogP contribution in [-0.2, 0) is 10.0 Å². The Morgan fingerprint density at radius 1 is 1.42 bits per heavy atom. The fraction of sp³-hybridized carbons (Fsp3) is 0.417. The third-order valence-electron chi connectivity index (χ3n) is 2.56. The van der Waals surface area contributed by atoms with Gasteiger partial charge in [-0.15, -0.1) is 0 Å². The van der Waals surface area contributed by atoms with Crippen LogP contribution in [0.1, 0.15) is 13.8 Å². The van der Waals surface area contributed by atoms with Crippen molar-refractivity contribution in [3.05, 3.63) is 29.8 Å². The maximum absolute atomic E-state index is 13.6. The fourth-order valence-corrected chi connectivity index (χ4v) is 3.15. The van der Waals surface area contributed by atoms with E-state index in [1.54, 1.807) is 13.8 Å². The van der Waals surface area contributed by atoms with Crippen LogP contribution in [0.25, 0.3) is 0 Å². The first-order valence-corrected chi connectivity index (χ1v) is 7.11. The Morgan fingerprint density at radius 2 is 2.05 bits per heavy atom. The molecule has 7 heteroatoms. The molecule has 0 fully saturated rings. The zero-order chi connectivity index (χ0) is 14.6. The average Bonchev–Trinajstić information content (AvgIpc) is 2.34. The molecule has 0 saturated heterocycles. The standard InChI is InChI=1S/C12H14F2N2O2S/c1-3-16(8-9(2)7-15)19(17,18)12-5-4-10(13)6-11(12)14/h4-6,9H,3,8H2,1-2H3. The maximum atomic E-state index is 13.6. The van der Waals surface area contributed by atoms with Gasteiger partial charge in [0.1, 0.15) is 16.5 Å². The number of nitriles is 1. The van der Waals surface area contributed by atoms with Crippen LogP contribution in [0.15, 0.2) is 23.1 Å². The predicted octanol–water partition coefficient (Wildman–Crippen LogP) is 2.14. The van der Waals surface area contributed by atoms with Gasteiger partial charge in [-0.2, -0.15) is 9.57 Å². The highest BCUT2D eigenvalue weighted by molar-refractivity contribution is 7.89. The molecule has 0 aliphatic carbocycles. The molecule has 1 atom stereocenters. The first kappa shape index (κ1) is 15.5. The van der Waals surface area contributed by atoms with Gasteiger partial charge in [-0.1, -0.05) is 6.92 Å². The van der Waals surface area contributed by atoms with Gasteiger partial charge in [0, 0.05) is 19.2 Å². The van der Waals surface area contributed by atoms with Crippen molar-refractivity contribution in [3.63, 3.8) is 0 Å². The van der Waals surface area contributed by atoms with E-state index in [9.17, 15) is 17.2 Å². The zero-order valence-corrected chi connectivity index (χ0v) is 11.4. The van der Waals surface area contributed by atoms with Gasteiger partial charge < -0.3 is 0 Å². The molecular weight excluding hydrogens is 274 g/mol. The minimum Gasteiger partial charge on any atom is -0.207 e. The second-order valence-electron chi connectivity index (χ2n) is 4.06. The van der Waals surface area contributed by atoms with Crippen LogP contribution in [0.2, 0.25) is 0 Å². The summed E-state index contributed by atoms with van der Waals surface area (Å²) in [6.07, 6.45) is 0. The SMILES string of the molecule is CCN(CC(C)C#N)S(=O)(=O)c1ccc(F)cc1F.